The zero-order valence-electron chi connectivity index (χ0n) is 8.25. The van der Waals surface area contributed by atoms with Gasteiger partial charge in [0.2, 0.25) is 0 Å². The van der Waals surface area contributed by atoms with Gasteiger partial charge in [0.15, 0.2) is 0 Å². The lowest BCUT2D eigenvalue weighted by Crippen LogP contribution is -1.94. The van der Waals surface area contributed by atoms with E-state index in [9.17, 15) is 0 Å². The molecule has 0 aliphatic heterocycles. The van der Waals surface area contributed by atoms with Gasteiger partial charge >= 0.3 is 0 Å². The van der Waals surface area contributed by atoms with Gasteiger partial charge in [0.25, 0.3) is 0 Å². The van der Waals surface area contributed by atoms with Gasteiger partial charge < -0.3 is 11.1 Å². The molecule has 0 atom stereocenters. The van der Waals surface area contributed by atoms with E-state index in [1.807, 2.05) is 37.3 Å². The topological polar surface area (TPSA) is 38.0 Å². The minimum Gasteiger partial charge on any atom is -0.397 e. The van der Waals surface area contributed by atoms with E-state index in [0.29, 0.717) is 0 Å². The Morgan fingerprint density at radius 3 is 2.73 bits per heavy atom. The highest BCUT2D eigenvalue weighted by Gasteiger charge is 2.02. The van der Waals surface area contributed by atoms with Gasteiger partial charge in [-0.25, -0.2) is 0 Å². The molecular weight excluding hydrogens is 228 g/mol. The second-order valence-corrected chi connectivity index (χ2v) is 5.03. The molecule has 4 heteroatoms. The van der Waals surface area contributed by atoms with Crippen LogP contribution in [0.15, 0.2) is 30.3 Å². The van der Waals surface area contributed by atoms with E-state index < -0.39 is 0 Å². The van der Waals surface area contributed by atoms with E-state index in [-0.39, 0.29) is 0 Å². The minimum atomic E-state index is 0.741. The van der Waals surface area contributed by atoms with Crippen LogP contribution in [0.4, 0.5) is 16.4 Å². The van der Waals surface area contributed by atoms with Crippen LogP contribution in [0, 0.1) is 6.92 Å². The Labute approximate surface area is 97.7 Å². The maximum Gasteiger partial charge on any atom is 0.0950 e. The first-order valence-corrected chi connectivity index (χ1v) is 5.73. The molecule has 0 saturated heterocycles. The molecule has 0 spiro atoms. The number of thiophene rings is 1. The third-order valence-corrected chi connectivity index (χ3v) is 3.19. The molecule has 0 unspecified atom stereocenters. The lowest BCUT2D eigenvalue weighted by Gasteiger charge is -2.07. The average Bonchev–Trinajstić information content (AvgIpc) is 2.58. The summed E-state index contributed by atoms with van der Waals surface area (Å²) in [4.78, 5) is 0. The molecular formula is C11H11ClN2S. The number of rotatable bonds is 2. The second-order valence-electron chi connectivity index (χ2n) is 3.32. The third-order valence-electron chi connectivity index (χ3n) is 2.04. The number of nitrogens with two attached hydrogens (primary N) is 1. The normalized spacial score (nSPS) is 10.3. The van der Waals surface area contributed by atoms with E-state index in [0.717, 1.165) is 20.7 Å². The van der Waals surface area contributed by atoms with Crippen LogP contribution in [0.1, 0.15) is 5.56 Å². The molecule has 0 saturated carbocycles. The summed E-state index contributed by atoms with van der Waals surface area (Å²) >= 11 is 7.34. The van der Waals surface area contributed by atoms with E-state index in [4.69, 9.17) is 17.3 Å². The highest BCUT2D eigenvalue weighted by Crippen LogP contribution is 2.31. The highest BCUT2D eigenvalue weighted by molar-refractivity contribution is 7.19. The van der Waals surface area contributed by atoms with Crippen LogP contribution >= 0.6 is 22.9 Å². The lowest BCUT2D eigenvalue weighted by atomic mass is 10.2. The molecule has 0 aliphatic rings. The number of aryl methyl sites for hydroxylation is 1. The van der Waals surface area contributed by atoms with Crippen LogP contribution in [-0.4, -0.2) is 0 Å². The molecule has 2 aromatic rings. The average molecular weight is 239 g/mol. The Kier molecular flexibility index (Phi) is 2.84. The number of halogens is 1. The molecule has 1 aromatic heterocycles. The largest absolute Gasteiger partial charge is 0.397 e. The second kappa shape index (κ2) is 4.13. The monoisotopic (exact) mass is 238 g/mol. The Morgan fingerprint density at radius 1 is 1.27 bits per heavy atom. The van der Waals surface area contributed by atoms with E-state index in [1.165, 1.54) is 16.9 Å². The Morgan fingerprint density at radius 2 is 2.07 bits per heavy atom. The van der Waals surface area contributed by atoms with Crippen molar-refractivity contribution >= 4 is 39.3 Å². The van der Waals surface area contributed by atoms with Gasteiger partial charge in [-0.15, -0.1) is 11.3 Å². The summed E-state index contributed by atoms with van der Waals surface area (Å²) in [6, 6.07) is 9.70. The zero-order chi connectivity index (χ0) is 10.8. The van der Waals surface area contributed by atoms with Crippen LogP contribution in [0.2, 0.25) is 4.34 Å². The number of anilines is 3. The van der Waals surface area contributed by atoms with E-state index in [2.05, 4.69) is 5.32 Å². The molecule has 1 heterocycles. The number of benzene rings is 1. The molecule has 15 heavy (non-hydrogen) atoms. The Bertz CT molecular complexity index is 479. The molecule has 2 rings (SSSR count). The number of hydrogen-bond acceptors (Lipinski definition) is 3. The summed E-state index contributed by atoms with van der Waals surface area (Å²) in [5.74, 6) is 0. The van der Waals surface area contributed by atoms with E-state index in [1.54, 1.807) is 0 Å². The summed E-state index contributed by atoms with van der Waals surface area (Å²) in [6.45, 7) is 2.03. The lowest BCUT2D eigenvalue weighted by molar-refractivity contribution is 1.46. The fourth-order valence-electron chi connectivity index (χ4n) is 1.29. The molecule has 0 amide bonds. The fourth-order valence-corrected chi connectivity index (χ4v) is 2.25. The van der Waals surface area contributed by atoms with Gasteiger partial charge in [-0.05, 0) is 36.8 Å². The zero-order valence-corrected chi connectivity index (χ0v) is 9.82. The van der Waals surface area contributed by atoms with Crippen molar-refractivity contribution in [3.05, 3.63) is 40.2 Å². The summed E-state index contributed by atoms with van der Waals surface area (Å²) in [6.07, 6.45) is 0. The first-order valence-electron chi connectivity index (χ1n) is 4.53. The van der Waals surface area contributed by atoms with Gasteiger partial charge in [-0.3, -0.25) is 0 Å². The van der Waals surface area contributed by atoms with Gasteiger partial charge in [-0.1, -0.05) is 17.7 Å². The van der Waals surface area contributed by atoms with Crippen molar-refractivity contribution in [3.63, 3.8) is 0 Å². The molecule has 1 aromatic carbocycles. The molecule has 0 fully saturated rings. The predicted octanol–water partition coefficient (Wildman–Crippen LogP) is 4.04. The van der Waals surface area contributed by atoms with Gasteiger partial charge in [-0.2, -0.15) is 0 Å². The molecule has 3 N–H and O–H groups in total. The van der Waals surface area contributed by atoms with Crippen molar-refractivity contribution in [1.82, 2.24) is 0 Å². The standard InChI is InChI=1S/C11H11ClN2S/c1-7-2-3-8(13)9(6-7)14-11-5-4-10(12)15-11/h2-6,14H,13H2,1H3. The summed E-state index contributed by atoms with van der Waals surface area (Å²) in [5.41, 5.74) is 8.69. The van der Waals surface area contributed by atoms with Crippen LogP contribution in [0.3, 0.4) is 0 Å². The van der Waals surface area contributed by atoms with Crippen LogP contribution in [0.5, 0.6) is 0 Å². The van der Waals surface area contributed by atoms with Crippen LogP contribution in [0.25, 0.3) is 0 Å². The first-order chi connectivity index (χ1) is 7.15. The van der Waals surface area contributed by atoms with Crippen molar-refractivity contribution < 1.29 is 0 Å². The SMILES string of the molecule is Cc1ccc(N)c(Nc2ccc(Cl)s2)c1. The van der Waals surface area contributed by atoms with E-state index >= 15 is 0 Å². The molecule has 2 nitrogen and oxygen atoms in total. The number of nitrogen functional groups attached to an aromatic ring is 1. The first kappa shape index (κ1) is 10.3. The summed E-state index contributed by atoms with van der Waals surface area (Å²) in [7, 11) is 0. The maximum atomic E-state index is 5.85. The quantitative estimate of drug-likeness (QED) is 0.775. The van der Waals surface area contributed by atoms with Gasteiger partial charge in [0, 0.05) is 0 Å². The summed E-state index contributed by atoms with van der Waals surface area (Å²) in [5, 5.41) is 4.24. The van der Waals surface area contributed by atoms with Crippen molar-refractivity contribution in [3.8, 4) is 0 Å². The van der Waals surface area contributed by atoms with Crippen LogP contribution in [-0.2, 0) is 0 Å². The molecule has 0 bridgehead atoms. The smallest absolute Gasteiger partial charge is 0.0950 e. The Balaban J connectivity index is 2.27. The highest BCUT2D eigenvalue weighted by atomic mass is 35.5. The molecule has 0 aliphatic carbocycles. The van der Waals surface area contributed by atoms with Gasteiger partial charge in [0.05, 0.1) is 20.7 Å². The third kappa shape index (κ3) is 2.43. The van der Waals surface area contributed by atoms with Crippen molar-refractivity contribution in [1.29, 1.82) is 0 Å². The molecule has 78 valence electrons. The fraction of sp³-hybridized carbons (Fsp3) is 0.0909. The van der Waals surface area contributed by atoms with Crippen molar-refractivity contribution in [2.45, 2.75) is 6.92 Å². The van der Waals surface area contributed by atoms with Crippen molar-refractivity contribution in [2.75, 3.05) is 11.1 Å². The maximum absolute atomic E-state index is 5.85. The minimum absolute atomic E-state index is 0.741. The summed E-state index contributed by atoms with van der Waals surface area (Å²) < 4.78 is 0.767. The predicted molar refractivity (Wildman–Crippen MR) is 68.2 cm³/mol. The molecule has 0 radical (unpaired) electrons. The van der Waals surface area contributed by atoms with Gasteiger partial charge in [0.1, 0.15) is 0 Å². The Hall–Kier alpha value is -1.19. The number of nitrogens with one attached hydrogen (secondary N) is 1. The van der Waals surface area contributed by atoms with Crippen LogP contribution < -0.4 is 11.1 Å². The number of hydrogen-bond donors (Lipinski definition) is 2. The van der Waals surface area contributed by atoms with Crippen molar-refractivity contribution in [2.24, 2.45) is 0 Å².